The van der Waals surface area contributed by atoms with Gasteiger partial charge in [-0.05, 0) is 18.2 Å². The second kappa shape index (κ2) is 6.20. The SMILES string of the molecule is COc1ccc(C(N)COc2ccccc2)c(F)c1. The van der Waals surface area contributed by atoms with Crippen LogP contribution in [-0.2, 0) is 0 Å². The summed E-state index contributed by atoms with van der Waals surface area (Å²) in [6.07, 6.45) is 0. The summed E-state index contributed by atoms with van der Waals surface area (Å²) in [5.41, 5.74) is 6.34. The first-order valence-corrected chi connectivity index (χ1v) is 5.97. The number of methoxy groups -OCH3 is 1. The van der Waals surface area contributed by atoms with Crippen LogP contribution in [0.3, 0.4) is 0 Å². The Hall–Kier alpha value is -2.07. The molecule has 100 valence electrons. The highest BCUT2D eigenvalue weighted by molar-refractivity contribution is 5.31. The average molecular weight is 261 g/mol. The minimum absolute atomic E-state index is 0.216. The van der Waals surface area contributed by atoms with Crippen LogP contribution in [0.5, 0.6) is 11.5 Å². The molecule has 0 saturated carbocycles. The molecule has 0 aliphatic carbocycles. The van der Waals surface area contributed by atoms with Crippen LogP contribution in [0.1, 0.15) is 11.6 Å². The van der Waals surface area contributed by atoms with Crippen molar-refractivity contribution in [3.8, 4) is 11.5 Å². The van der Waals surface area contributed by atoms with Crippen molar-refractivity contribution in [2.45, 2.75) is 6.04 Å². The molecule has 19 heavy (non-hydrogen) atoms. The lowest BCUT2D eigenvalue weighted by Gasteiger charge is -2.15. The fourth-order valence-electron chi connectivity index (χ4n) is 1.73. The zero-order valence-corrected chi connectivity index (χ0v) is 10.7. The average Bonchev–Trinajstić information content (AvgIpc) is 2.45. The van der Waals surface area contributed by atoms with Gasteiger partial charge in [-0.25, -0.2) is 4.39 Å². The molecular weight excluding hydrogens is 245 g/mol. The molecule has 0 radical (unpaired) electrons. The van der Waals surface area contributed by atoms with Crippen LogP contribution in [0, 0.1) is 5.82 Å². The van der Waals surface area contributed by atoms with Gasteiger partial charge in [-0.2, -0.15) is 0 Å². The van der Waals surface area contributed by atoms with Gasteiger partial charge < -0.3 is 15.2 Å². The van der Waals surface area contributed by atoms with Gasteiger partial charge in [0.25, 0.3) is 0 Å². The molecule has 2 rings (SSSR count). The summed E-state index contributed by atoms with van der Waals surface area (Å²) in [5, 5.41) is 0. The molecule has 0 bridgehead atoms. The highest BCUT2D eigenvalue weighted by Gasteiger charge is 2.13. The van der Waals surface area contributed by atoms with E-state index in [-0.39, 0.29) is 12.4 Å². The number of nitrogens with two attached hydrogens (primary N) is 1. The third-order valence-electron chi connectivity index (χ3n) is 2.78. The number of rotatable bonds is 5. The molecule has 0 fully saturated rings. The van der Waals surface area contributed by atoms with E-state index in [1.165, 1.54) is 13.2 Å². The summed E-state index contributed by atoms with van der Waals surface area (Å²) < 4.78 is 24.3. The Morgan fingerprint density at radius 1 is 1.11 bits per heavy atom. The Balaban J connectivity index is 2.02. The maximum Gasteiger partial charge on any atom is 0.131 e. The maximum atomic E-state index is 13.8. The second-order valence-electron chi connectivity index (χ2n) is 4.12. The van der Waals surface area contributed by atoms with Gasteiger partial charge in [0, 0.05) is 11.6 Å². The fraction of sp³-hybridized carbons (Fsp3) is 0.200. The van der Waals surface area contributed by atoms with Gasteiger partial charge in [-0.15, -0.1) is 0 Å². The first-order chi connectivity index (χ1) is 9.20. The zero-order chi connectivity index (χ0) is 13.7. The quantitative estimate of drug-likeness (QED) is 0.900. The molecule has 0 saturated heterocycles. The number of para-hydroxylation sites is 1. The Morgan fingerprint density at radius 2 is 1.84 bits per heavy atom. The summed E-state index contributed by atoms with van der Waals surface area (Å²) in [6, 6.07) is 13.4. The van der Waals surface area contributed by atoms with E-state index in [0.29, 0.717) is 17.1 Å². The topological polar surface area (TPSA) is 44.5 Å². The van der Waals surface area contributed by atoms with Crippen molar-refractivity contribution in [3.63, 3.8) is 0 Å². The van der Waals surface area contributed by atoms with Crippen molar-refractivity contribution in [1.82, 2.24) is 0 Å². The van der Waals surface area contributed by atoms with Crippen molar-refractivity contribution in [2.24, 2.45) is 5.73 Å². The predicted molar refractivity (Wildman–Crippen MR) is 71.8 cm³/mol. The highest BCUT2D eigenvalue weighted by Crippen LogP contribution is 2.21. The number of hydrogen-bond donors (Lipinski definition) is 1. The van der Waals surface area contributed by atoms with Crippen molar-refractivity contribution in [3.05, 3.63) is 59.9 Å². The Bertz CT molecular complexity index is 531. The van der Waals surface area contributed by atoms with E-state index in [1.54, 1.807) is 12.1 Å². The maximum absolute atomic E-state index is 13.8. The lowest BCUT2D eigenvalue weighted by molar-refractivity contribution is 0.287. The summed E-state index contributed by atoms with van der Waals surface area (Å²) in [6.45, 7) is 0.216. The van der Waals surface area contributed by atoms with Crippen molar-refractivity contribution in [2.75, 3.05) is 13.7 Å². The van der Waals surface area contributed by atoms with E-state index in [1.807, 2.05) is 30.3 Å². The summed E-state index contributed by atoms with van der Waals surface area (Å²) in [5.74, 6) is 0.799. The first kappa shape index (κ1) is 13.4. The number of halogens is 1. The van der Waals surface area contributed by atoms with Gasteiger partial charge in [0.15, 0.2) is 0 Å². The number of ether oxygens (including phenoxy) is 2. The van der Waals surface area contributed by atoms with Crippen molar-refractivity contribution >= 4 is 0 Å². The van der Waals surface area contributed by atoms with Crippen LogP contribution in [0.4, 0.5) is 4.39 Å². The predicted octanol–water partition coefficient (Wildman–Crippen LogP) is 2.91. The largest absolute Gasteiger partial charge is 0.497 e. The van der Waals surface area contributed by atoms with Gasteiger partial charge in [-0.3, -0.25) is 0 Å². The molecule has 2 aromatic rings. The van der Waals surface area contributed by atoms with Crippen LogP contribution >= 0.6 is 0 Å². The minimum atomic E-state index is -0.522. The van der Waals surface area contributed by atoms with Crippen LogP contribution in [0.25, 0.3) is 0 Å². The summed E-state index contributed by atoms with van der Waals surface area (Å²) in [4.78, 5) is 0. The third kappa shape index (κ3) is 3.45. The Kier molecular flexibility index (Phi) is 4.36. The van der Waals surface area contributed by atoms with Gasteiger partial charge in [0.1, 0.15) is 23.9 Å². The lowest BCUT2D eigenvalue weighted by atomic mass is 10.1. The summed E-state index contributed by atoms with van der Waals surface area (Å²) >= 11 is 0. The van der Waals surface area contributed by atoms with E-state index < -0.39 is 6.04 Å². The molecule has 3 nitrogen and oxygen atoms in total. The van der Waals surface area contributed by atoms with Gasteiger partial charge in [0.2, 0.25) is 0 Å². The second-order valence-corrected chi connectivity index (χ2v) is 4.12. The molecule has 1 unspecified atom stereocenters. The standard InChI is InChI=1S/C15H16FNO2/c1-18-12-7-8-13(14(16)9-12)15(17)10-19-11-5-3-2-4-6-11/h2-9,15H,10,17H2,1H3. The molecule has 0 heterocycles. The molecule has 0 aliphatic rings. The normalized spacial score (nSPS) is 11.9. The zero-order valence-electron chi connectivity index (χ0n) is 10.7. The lowest BCUT2D eigenvalue weighted by Crippen LogP contribution is -2.20. The molecule has 2 aromatic carbocycles. The van der Waals surface area contributed by atoms with Crippen LogP contribution in [-0.4, -0.2) is 13.7 Å². The third-order valence-corrected chi connectivity index (χ3v) is 2.78. The molecule has 0 amide bonds. The van der Waals surface area contributed by atoms with Crippen LogP contribution in [0.2, 0.25) is 0 Å². The van der Waals surface area contributed by atoms with Crippen LogP contribution < -0.4 is 15.2 Å². The minimum Gasteiger partial charge on any atom is -0.497 e. The molecule has 1 atom stereocenters. The smallest absolute Gasteiger partial charge is 0.131 e. The van der Waals surface area contributed by atoms with E-state index in [9.17, 15) is 4.39 Å². The fourth-order valence-corrected chi connectivity index (χ4v) is 1.73. The van der Waals surface area contributed by atoms with E-state index in [4.69, 9.17) is 15.2 Å². The van der Waals surface area contributed by atoms with Gasteiger partial charge >= 0.3 is 0 Å². The first-order valence-electron chi connectivity index (χ1n) is 5.97. The molecule has 0 spiro atoms. The summed E-state index contributed by atoms with van der Waals surface area (Å²) in [7, 11) is 1.49. The van der Waals surface area contributed by atoms with E-state index >= 15 is 0 Å². The molecule has 4 heteroatoms. The highest BCUT2D eigenvalue weighted by atomic mass is 19.1. The number of benzene rings is 2. The van der Waals surface area contributed by atoms with Crippen molar-refractivity contribution in [1.29, 1.82) is 0 Å². The molecule has 0 aromatic heterocycles. The van der Waals surface area contributed by atoms with Crippen molar-refractivity contribution < 1.29 is 13.9 Å². The monoisotopic (exact) mass is 261 g/mol. The molecular formula is C15H16FNO2. The molecule has 2 N–H and O–H groups in total. The Morgan fingerprint density at radius 3 is 2.47 bits per heavy atom. The van der Waals surface area contributed by atoms with E-state index in [2.05, 4.69) is 0 Å². The van der Waals surface area contributed by atoms with Gasteiger partial charge in [0.05, 0.1) is 13.2 Å². The van der Waals surface area contributed by atoms with Crippen LogP contribution in [0.15, 0.2) is 48.5 Å². The number of hydrogen-bond acceptors (Lipinski definition) is 3. The Labute approximate surface area is 111 Å². The van der Waals surface area contributed by atoms with E-state index in [0.717, 1.165) is 0 Å². The van der Waals surface area contributed by atoms with Gasteiger partial charge in [-0.1, -0.05) is 24.3 Å². The molecule has 0 aliphatic heterocycles.